The molecule has 0 aliphatic heterocycles. The van der Waals surface area contributed by atoms with Crippen molar-refractivity contribution in [2.75, 3.05) is 5.32 Å². The summed E-state index contributed by atoms with van der Waals surface area (Å²) in [6.45, 7) is 4.23. The van der Waals surface area contributed by atoms with E-state index in [-0.39, 0.29) is 5.91 Å². The van der Waals surface area contributed by atoms with Gasteiger partial charge >= 0.3 is 0 Å². The lowest BCUT2D eigenvalue weighted by atomic mass is 10.1. The average molecular weight is 344 g/mol. The first-order valence-electron chi connectivity index (χ1n) is 7.68. The molecule has 2 N–H and O–H groups in total. The normalized spacial score (nSPS) is 11.0. The smallest absolute Gasteiger partial charge is 0.276 e. The predicted octanol–water partition coefficient (Wildman–Crippen LogP) is 3.70. The molecule has 0 spiro atoms. The van der Waals surface area contributed by atoms with Crippen LogP contribution in [0.3, 0.4) is 0 Å². The van der Waals surface area contributed by atoms with E-state index < -0.39 is 0 Å². The second-order valence-corrected chi connectivity index (χ2v) is 6.38. The summed E-state index contributed by atoms with van der Waals surface area (Å²) >= 11 is 6.07. The Morgan fingerprint density at radius 3 is 2.92 bits per heavy atom. The fourth-order valence-corrected chi connectivity index (χ4v) is 2.60. The number of carbonyl (C=O) groups excluding carboxylic acids is 1. The third kappa shape index (κ3) is 3.65. The largest absolute Gasteiger partial charge is 0.319 e. The molecule has 1 amide bonds. The van der Waals surface area contributed by atoms with E-state index in [0.29, 0.717) is 22.3 Å². The van der Waals surface area contributed by atoms with E-state index in [2.05, 4.69) is 34.5 Å². The quantitative estimate of drug-likeness (QED) is 0.741. The number of carbonyl (C=O) groups is 1. The van der Waals surface area contributed by atoms with Crippen LogP contribution in [0.1, 0.15) is 30.0 Å². The van der Waals surface area contributed by atoms with E-state index in [9.17, 15) is 4.79 Å². The van der Waals surface area contributed by atoms with Gasteiger partial charge in [0.2, 0.25) is 0 Å². The molecule has 0 bridgehead atoms. The van der Waals surface area contributed by atoms with Crippen LogP contribution in [0.25, 0.3) is 5.69 Å². The fourth-order valence-electron chi connectivity index (χ4n) is 2.43. The SMILES string of the molecule is CC(C)Cc1cc(C(=O)Nc2cc(Cl)ccc2-n2cccn2)n[nH]1. The minimum Gasteiger partial charge on any atom is -0.319 e. The molecular weight excluding hydrogens is 326 g/mol. The molecule has 7 heteroatoms. The van der Waals surface area contributed by atoms with Crippen LogP contribution in [0.4, 0.5) is 5.69 Å². The Bertz CT molecular complexity index is 839. The monoisotopic (exact) mass is 343 g/mol. The summed E-state index contributed by atoms with van der Waals surface area (Å²) in [5, 5.41) is 14.6. The van der Waals surface area contributed by atoms with E-state index in [4.69, 9.17) is 11.6 Å². The molecule has 1 aromatic carbocycles. The maximum Gasteiger partial charge on any atom is 0.276 e. The van der Waals surface area contributed by atoms with Gasteiger partial charge < -0.3 is 5.32 Å². The van der Waals surface area contributed by atoms with E-state index >= 15 is 0 Å². The van der Waals surface area contributed by atoms with Crippen LogP contribution in [-0.2, 0) is 6.42 Å². The Morgan fingerprint density at radius 1 is 1.38 bits per heavy atom. The van der Waals surface area contributed by atoms with Crippen LogP contribution in [0, 0.1) is 5.92 Å². The predicted molar refractivity (Wildman–Crippen MR) is 93.7 cm³/mol. The molecule has 2 aromatic heterocycles. The van der Waals surface area contributed by atoms with Crippen LogP contribution in [0.5, 0.6) is 0 Å². The molecule has 0 atom stereocenters. The first-order chi connectivity index (χ1) is 11.5. The number of rotatable bonds is 5. The number of H-pyrrole nitrogens is 1. The molecule has 0 radical (unpaired) electrons. The number of anilines is 1. The van der Waals surface area contributed by atoms with Gasteiger partial charge in [0.05, 0.1) is 11.4 Å². The molecule has 0 fully saturated rings. The van der Waals surface area contributed by atoms with Gasteiger partial charge in [-0.2, -0.15) is 10.2 Å². The molecule has 0 saturated carbocycles. The van der Waals surface area contributed by atoms with Crippen molar-refractivity contribution in [1.29, 1.82) is 0 Å². The van der Waals surface area contributed by atoms with Crippen molar-refractivity contribution in [2.24, 2.45) is 5.92 Å². The lowest BCUT2D eigenvalue weighted by molar-refractivity contribution is 0.102. The molecule has 6 nitrogen and oxygen atoms in total. The Kier molecular flexibility index (Phi) is 4.66. The number of nitrogens with one attached hydrogen (secondary N) is 2. The van der Waals surface area contributed by atoms with E-state index in [1.165, 1.54) is 0 Å². The van der Waals surface area contributed by atoms with Crippen LogP contribution < -0.4 is 5.32 Å². The Labute approximate surface area is 144 Å². The summed E-state index contributed by atoms with van der Waals surface area (Å²) in [6, 6.07) is 8.83. The maximum absolute atomic E-state index is 12.5. The zero-order chi connectivity index (χ0) is 17.1. The van der Waals surface area contributed by atoms with Crippen LogP contribution >= 0.6 is 11.6 Å². The van der Waals surface area contributed by atoms with Gasteiger partial charge in [0, 0.05) is 23.1 Å². The van der Waals surface area contributed by atoms with Gasteiger partial charge in [-0.3, -0.25) is 9.89 Å². The molecule has 124 valence electrons. The number of aromatic nitrogens is 4. The second kappa shape index (κ2) is 6.88. The highest BCUT2D eigenvalue weighted by Crippen LogP contribution is 2.24. The zero-order valence-electron chi connectivity index (χ0n) is 13.5. The van der Waals surface area contributed by atoms with Crippen molar-refractivity contribution in [1.82, 2.24) is 20.0 Å². The number of nitrogens with zero attached hydrogens (tertiary/aromatic N) is 3. The van der Waals surface area contributed by atoms with Crippen molar-refractivity contribution in [2.45, 2.75) is 20.3 Å². The molecule has 2 heterocycles. The van der Waals surface area contributed by atoms with E-state index in [1.807, 2.05) is 6.07 Å². The number of hydrogen-bond acceptors (Lipinski definition) is 3. The second-order valence-electron chi connectivity index (χ2n) is 5.94. The lowest BCUT2D eigenvalue weighted by Crippen LogP contribution is -2.14. The van der Waals surface area contributed by atoms with Crippen molar-refractivity contribution in [3.05, 3.63) is 59.1 Å². The van der Waals surface area contributed by atoms with Gasteiger partial charge in [0.1, 0.15) is 0 Å². The van der Waals surface area contributed by atoms with Gasteiger partial charge in [-0.1, -0.05) is 25.4 Å². The molecule has 0 saturated heterocycles. The molecular formula is C17H18ClN5O. The Balaban J connectivity index is 1.84. The summed E-state index contributed by atoms with van der Waals surface area (Å²) < 4.78 is 1.67. The van der Waals surface area contributed by atoms with Gasteiger partial charge in [-0.25, -0.2) is 4.68 Å². The Morgan fingerprint density at radius 2 is 2.21 bits per heavy atom. The summed E-state index contributed by atoms with van der Waals surface area (Å²) in [5.41, 5.74) is 2.59. The average Bonchev–Trinajstić information content (AvgIpc) is 3.18. The third-order valence-corrected chi connectivity index (χ3v) is 3.68. The van der Waals surface area contributed by atoms with Crippen LogP contribution in [0.2, 0.25) is 5.02 Å². The zero-order valence-corrected chi connectivity index (χ0v) is 14.2. The summed E-state index contributed by atoms with van der Waals surface area (Å²) in [7, 11) is 0. The summed E-state index contributed by atoms with van der Waals surface area (Å²) in [5.74, 6) is 0.192. The van der Waals surface area contributed by atoms with Gasteiger partial charge in [0.15, 0.2) is 5.69 Å². The standard InChI is InChI=1S/C17H18ClN5O/c1-11(2)8-13-10-15(22-21-13)17(24)20-14-9-12(18)4-5-16(14)23-7-3-6-19-23/h3-7,9-11H,8H2,1-2H3,(H,20,24)(H,21,22). The summed E-state index contributed by atoms with van der Waals surface area (Å²) in [4.78, 5) is 12.5. The van der Waals surface area contributed by atoms with Crippen LogP contribution in [0.15, 0.2) is 42.7 Å². The number of benzene rings is 1. The van der Waals surface area contributed by atoms with E-state index in [1.54, 1.807) is 41.3 Å². The van der Waals surface area contributed by atoms with E-state index in [0.717, 1.165) is 17.8 Å². The van der Waals surface area contributed by atoms with Gasteiger partial charge in [0.25, 0.3) is 5.91 Å². The minimum atomic E-state index is -0.295. The highest BCUT2D eigenvalue weighted by molar-refractivity contribution is 6.31. The number of hydrogen-bond donors (Lipinski definition) is 2. The van der Waals surface area contributed by atoms with Crippen LogP contribution in [-0.4, -0.2) is 25.9 Å². The van der Waals surface area contributed by atoms with Crippen molar-refractivity contribution in [3.63, 3.8) is 0 Å². The first-order valence-corrected chi connectivity index (χ1v) is 8.06. The molecule has 0 unspecified atom stereocenters. The molecule has 3 aromatic rings. The highest BCUT2D eigenvalue weighted by atomic mass is 35.5. The maximum atomic E-state index is 12.5. The highest BCUT2D eigenvalue weighted by Gasteiger charge is 2.14. The fraction of sp³-hybridized carbons (Fsp3) is 0.235. The van der Waals surface area contributed by atoms with Crippen molar-refractivity contribution < 1.29 is 4.79 Å². The molecule has 0 aliphatic carbocycles. The summed E-state index contributed by atoms with van der Waals surface area (Å²) in [6.07, 6.45) is 4.32. The van der Waals surface area contributed by atoms with Gasteiger partial charge in [-0.05, 0) is 42.7 Å². The number of halogens is 1. The third-order valence-electron chi connectivity index (χ3n) is 3.45. The Hall–Kier alpha value is -2.60. The molecule has 0 aliphatic rings. The first kappa shape index (κ1) is 16.3. The van der Waals surface area contributed by atoms with Crippen molar-refractivity contribution >= 4 is 23.2 Å². The number of amides is 1. The molecule has 24 heavy (non-hydrogen) atoms. The topological polar surface area (TPSA) is 75.6 Å². The van der Waals surface area contributed by atoms with Crippen molar-refractivity contribution in [3.8, 4) is 5.69 Å². The number of aromatic amines is 1. The van der Waals surface area contributed by atoms with Gasteiger partial charge in [-0.15, -0.1) is 0 Å². The minimum absolute atomic E-state index is 0.295. The lowest BCUT2D eigenvalue weighted by Gasteiger charge is -2.11. The molecule has 3 rings (SSSR count).